The van der Waals surface area contributed by atoms with Gasteiger partial charge in [-0.25, -0.2) is 4.98 Å². The van der Waals surface area contributed by atoms with Gasteiger partial charge in [0.2, 0.25) is 17.7 Å². The van der Waals surface area contributed by atoms with Crippen LogP contribution in [0.2, 0.25) is 0 Å². The summed E-state index contributed by atoms with van der Waals surface area (Å²) in [6.07, 6.45) is 1.85. The lowest BCUT2D eigenvalue weighted by molar-refractivity contribution is -0.121. The number of hydrogen-bond donors (Lipinski definition) is 1. The van der Waals surface area contributed by atoms with Crippen LogP contribution in [0.15, 0.2) is 22.6 Å². The number of likely N-dealkylation sites (tertiary alicyclic amines) is 1. The number of anilines is 1. The molecular weight excluding hydrogens is 306 g/mol. The summed E-state index contributed by atoms with van der Waals surface area (Å²) in [6, 6.07) is 5.63. The Balaban J connectivity index is 1.63. The number of pyridine rings is 1. The first-order chi connectivity index (χ1) is 11.5. The minimum Gasteiger partial charge on any atom is -0.424 e. The topological polar surface area (TPSA) is 84.2 Å². The monoisotopic (exact) mass is 329 g/mol. The molecule has 3 heterocycles. The maximum absolute atomic E-state index is 12.6. The summed E-state index contributed by atoms with van der Waals surface area (Å²) in [5.41, 5.74) is 0.887. The van der Waals surface area contributed by atoms with Crippen molar-refractivity contribution in [2.24, 2.45) is 5.92 Å². The van der Waals surface area contributed by atoms with Crippen LogP contribution in [0.25, 0.3) is 0 Å². The van der Waals surface area contributed by atoms with Crippen molar-refractivity contribution in [3.05, 3.63) is 35.7 Å². The van der Waals surface area contributed by atoms with Crippen LogP contribution in [-0.2, 0) is 4.79 Å². The molecule has 24 heavy (non-hydrogen) atoms. The molecule has 3 rings (SSSR count). The van der Waals surface area contributed by atoms with E-state index in [1.54, 1.807) is 6.92 Å². The third-order valence-corrected chi connectivity index (χ3v) is 4.41. The number of nitrogens with zero attached hydrogens (tertiary/aromatic N) is 4. The lowest BCUT2D eigenvalue weighted by Gasteiger charge is -2.34. The highest BCUT2D eigenvalue weighted by atomic mass is 16.4. The summed E-state index contributed by atoms with van der Waals surface area (Å²) in [5, 5.41) is 10.9. The molecule has 2 aromatic rings. The lowest BCUT2D eigenvalue weighted by atomic mass is 9.96. The van der Waals surface area contributed by atoms with Gasteiger partial charge in [-0.3, -0.25) is 9.69 Å². The van der Waals surface area contributed by atoms with Crippen molar-refractivity contribution in [1.82, 2.24) is 20.1 Å². The maximum Gasteiger partial charge on any atom is 0.233 e. The van der Waals surface area contributed by atoms with Gasteiger partial charge in [-0.15, -0.1) is 10.2 Å². The maximum atomic E-state index is 12.6. The van der Waals surface area contributed by atoms with Crippen molar-refractivity contribution in [2.45, 2.75) is 39.7 Å². The Morgan fingerprint density at radius 3 is 2.92 bits per heavy atom. The van der Waals surface area contributed by atoms with Crippen molar-refractivity contribution in [3.8, 4) is 0 Å². The smallest absolute Gasteiger partial charge is 0.233 e. The molecule has 0 spiro atoms. The van der Waals surface area contributed by atoms with E-state index in [1.165, 1.54) is 0 Å². The molecule has 2 atom stereocenters. The van der Waals surface area contributed by atoms with Crippen molar-refractivity contribution < 1.29 is 9.21 Å². The Kier molecular flexibility index (Phi) is 4.89. The Morgan fingerprint density at radius 1 is 1.38 bits per heavy atom. The SMILES string of the molecule is Cc1cccc(NC(=O)C2CCCN(C(C)c3nnc(C)o3)C2)n1. The van der Waals surface area contributed by atoms with Crippen LogP contribution < -0.4 is 5.32 Å². The van der Waals surface area contributed by atoms with Gasteiger partial charge in [0.05, 0.1) is 12.0 Å². The van der Waals surface area contributed by atoms with Crippen molar-refractivity contribution in [1.29, 1.82) is 0 Å². The predicted octanol–water partition coefficient (Wildman–Crippen LogP) is 2.49. The number of rotatable bonds is 4. The van der Waals surface area contributed by atoms with E-state index in [4.69, 9.17) is 4.42 Å². The Bertz CT molecular complexity index is 715. The fourth-order valence-corrected chi connectivity index (χ4v) is 3.05. The molecular formula is C17H23N5O2. The fraction of sp³-hybridized carbons (Fsp3) is 0.529. The van der Waals surface area contributed by atoms with Gasteiger partial charge in [-0.1, -0.05) is 6.07 Å². The van der Waals surface area contributed by atoms with Crippen molar-refractivity contribution in [3.63, 3.8) is 0 Å². The summed E-state index contributed by atoms with van der Waals surface area (Å²) in [5.74, 6) is 1.74. The number of carbonyl (C=O) groups excluding carboxylic acids is 1. The molecule has 1 saturated heterocycles. The van der Waals surface area contributed by atoms with Crippen LogP contribution in [0, 0.1) is 19.8 Å². The predicted molar refractivity (Wildman–Crippen MR) is 89.4 cm³/mol. The van der Waals surface area contributed by atoms with Crippen LogP contribution in [0.3, 0.4) is 0 Å². The van der Waals surface area contributed by atoms with E-state index in [0.717, 1.165) is 25.1 Å². The largest absolute Gasteiger partial charge is 0.424 e. The van der Waals surface area contributed by atoms with Gasteiger partial charge >= 0.3 is 0 Å². The van der Waals surface area contributed by atoms with Crippen molar-refractivity contribution >= 4 is 11.7 Å². The molecule has 2 aromatic heterocycles. The standard InChI is InChI=1S/C17H23N5O2/c1-11-6-4-8-15(18-11)19-16(23)14-7-5-9-22(10-14)12(2)17-21-20-13(3)24-17/h4,6,8,12,14H,5,7,9-10H2,1-3H3,(H,18,19,23). The number of amides is 1. The third kappa shape index (κ3) is 3.79. The van der Waals surface area contributed by atoms with Crippen LogP contribution in [0.4, 0.5) is 5.82 Å². The van der Waals surface area contributed by atoms with Gasteiger partial charge in [0.25, 0.3) is 0 Å². The number of aromatic nitrogens is 3. The molecule has 7 nitrogen and oxygen atoms in total. The number of nitrogens with one attached hydrogen (secondary N) is 1. The number of carbonyl (C=O) groups is 1. The first-order valence-corrected chi connectivity index (χ1v) is 8.31. The van der Waals surface area contributed by atoms with Crippen LogP contribution >= 0.6 is 0 Å². The molecule has 128 valence electrons. The highest BCUT2D eigenvalue weighted by molar-refractivity contribution is 5.91. The minimum absolute atomic E-state index is 0.0129. The van der Waals surface area contributed by atoms with Gasteiger partial charge in [-0.05, 0) is 45.4 Å². The van der Waals surface area contributed by atoms with Crippen LogP contribution in [0.1, 0.15) is 43.3 Å². The molecule has 1 aliphatic heterocycles. The van der Waals surface area contributed by atoms with E-state index in [1.807, 2.05) is 32.0 Å². The number of piperidine rings is 1. The quantitative estimate of drug-likeness (QED) is 0.928. The van der Waals surface area contributed by atoms with Gasteiger partial charge in [-0.2, -0.15) is 0 Å². The van der Waals surface area contributed by atoms with E-state index in [-0.39, 0.29) is 17.9 Å². The second-order valence-electron chi connectivity index (χ2n) is 6.32. The van der Waals surface area contributed by atoms with Crippen molar-refractivity contribution in [2.75, 3.05) is 18.4 Å². The van der Waals surface area contributed by atoms with E-state index in [0.29, 0.717) is 24.1 Å². The molecule has 0 aromatic carbocycles. The Hall–Kier alpha value is -2.28. The van der Waals surface area contributed by atoms with Crippen LogP contribution in [-0.4, -0.2) is 39.1 Å². The highest BCUT2D eigenvalue weighted by Gasteiger charge is 2.30. The molecule has 0 bridgehead atoms. The van der Waals surface area contributed by atoms with E-state index in [2.05, 4.69) is 25.4 Å². The molecule has 1 N–H and O–H groups in total. The molecule has 1 amide bonds. The normalized spacial score (nSPS) is 19.9. The number of hydrogen-bond acceptors (Lipinski definition) is 6. The average Bonchev–Trinajstić information content (AvgIpc) is 3.01. The van der Waals surface area contributed by atoms with Crippen LogP contribution in [0.5, 0.6) is 0 Å². The second kappa shape index (κ2) is 7.09. The van der Waals surface area contributed by atoms with E-state index in [9.17, 15) is 4.79 Å². The summed E-state index contributed by atoms with van der Waals surface area (Å²) in [7, 11) is 0. The number of aryl methyl sites for hydroxylation is 2. The molecule has 0 saturated carbocycles. The third-order valence-electron chi connectivity index (χ3n) is 4.41. The summed E-state index contributed by atoms with van der Waals surface area (Å²) >= 11 is 0. The first kappa shape index (κ1) is 16.6. The molecule has 0 aliphatic carbocycles. The summed E-state index contributed by atoms with van der Waals surface area (Å²) in [4.78, 5) is 19.1. The van der Waals surface area contributed by atoms with Gasteiger partial charge < -0.3 is 9.73 Å². The second-order valence-corrected chi connectivity index (χ2v) is 6.32. The fourth-order valence-electron chi connectivity index (χ4n) is 3.05. The molecule has 1 fully saturated rings. The zero-order valence-electron chi connectivity index (χ0n) is 14.3. The lowest BCUT2D eigenvalue weighted by Crippen LogP contribution is -2.42. The van der Waals surface area contributed by atoms with Gasteiger partial charge in [0.1, 0.15) is 5.82 Å². The summed E-state index contributed by atoms with van der Waals surface area (Å²) in [6.45, 7) is 7.33. The molecule has 0 radical (unpaired) electrons. The van der Waals surface area contributed by atoms with E-state index < -0.39 is 0 Å². The molecule has 2 unspecified atom stereocenters. The Labute approximate surface area is 141 Å². The average molecular weight is 329 g/mol. The Morgan fingerprint density at radius 2 is 2.21 bits per heavy atom. The minimum atomic E-state index is -0.0625. The zero-order valence-corrected chi connectivity index (χ0v) is 14.3. The van der Waals surface area contributed by atoms with Gasteiger partial charge in [0.15, 0.2) is 0 Å². The summed E-state index contributed by atoms with van der Waals surface area (Å²) < 4.78 is 5.53. The molecule has 1 aliphatic rings. The van der Waals surface area contributed by atoms with E-state index >= 15 is 0 Å². The first-order valence-electron chi connectivity index (χ1n) is 8.31. The van der Waals surface area contributed by atoms with Gasteiger partial charge in [0, 0.05) is 19.2 Å². The highest BCUT2D eigenvalue weighted by Crippen LogP contribution is 2.26. The zero-order chi connectivity index (χ0) is 17.1. The molecule has 7 heteroatoms.